The van der Waals surface area contributed by atoms with Gasteiger partial charge in [-0.15, -0.1) is 0 Å². The fourth-order valence-electron chi connectivity index (χ4n) is 2.09. The van der Waals surface area contributed by atoms with E-state index in [1.54, 1.807) is 24.3 Å². The molecule has 19 heavy (non-hydrogen) atoms. The number of aromatic nitrogens is 1. The van der Waals surface area contributed by atoms with Crippen LogP contribution in [0.3, 0.4) is 0 Å². The second-order valence-electron chi connectivity index (χ2n) is 4.19. The smallest absolute Gasteiger partial charge is 0.192 e. The molecule has 0 aliphatic heterocycles. The molecule has 94 valence electrons. The van der Waals surface area contributed by atoms with Gasteiger partial charge in [-0.1, -0.05) is 18.2 Å². The molecule has 0 saturated carbocycles. The molecule has 0 aliphatic rings. The molecule has 0 aliphatic carbocycles. The lowest BCUT2D eigenvalue weighted by Crippen LogP contribution is -2.05. The zero-order chi connectivity index (χ0) is 13.4. The summed E-state index contributed by atoms with van der Waals surface area (Å²) in [6.45, 7) is 0. The number of nitrogens with one attached hydrogen (secondary N) is 1. The summed E-state index contributed by atoms with van der Waals surface area (Å²) < 4.78 is 27.3. The highest BCUT2D eigenvalue weighted by Gasteiger charge is 2.10. The highest BCUT2D eigenvalue weighted by atomic mass is 19.1. The molecule has 0 fully saturated rings. The lowest BCUT2D eigenvalue weighted by molar-refractivity contribution is 0.630. The van der Waals surface area contributed by atoms with Gasteiger partial charge in [0.1, 0.15) is 11.6 Å². The van der Waals surface area contributed by atoms with E-state index in [2.05, 4.69) is 4.98 Å². The quantitative estimate of drug-likeness (QED) is 0.711. The summed E-state index contributed by atoms with van der Waals surface area (Å²) in [5, 5.41) is -0.0115. The van der Waals surface area contributed by atoms with Crippen molar-refractivity contribution in [3.05, 3.63) is 70.4 Å². The van der Waals surface area contributed by atoms with Gasteiger partial charge in [0.2, 0.25) is 0 Å². The van der Waals surface area contributed by atoms with Crippen LogP contribution in [0.15, 0.2) is 53.3 Å². The summed E-state index contributed by atoms with van der Waals surface area (Å²) in [5.74, 6) is -1.02. The molecule has 1 heterocycles. The van der Waals surface area contributed by atoms with Crippen LogP contribution in [0, 0.1) is 11.6 Å². The number of halogens is 2. The van der Waals surface area contributed by atoms with Crippen LogP contribution in [-0.2, 0) is 0 Å². The topological polar surface area (TPSA) is 32.9 Å². The van der Waals surface area contributed by atoms with Crippen LogP contribution < -0.4 is 5.43 Å². The summed E-state index contributed by atoms with van der Waals surface area (Å²) in [4.78, 5) is 14.8. The third-order valence-electron chi connectivity index (χ3n) is 2.97. The Labute approximate surface area is 107 Å². The maximum absolute atomic E-state index is 13.7. The first-order valence-electron chi connectivity index (χ1n) is 5.73. The minimum atomic E-state index is -0.584. The fourth-order valence-corrected chi connectivity index (χ4v) is 2.09. The molecule has 3 rings (SSSR count). The Bertz CT molecular complexity index is 824. The molecule has 0 atom stereocenters. The van der Waals surface area contributed by atoms with Gasteiger partial charge in [0.05, 0.1) is 16.6 Å². The number of benzene rings is 2. The summed E-state index contributed by atoms with van der Waals surface area (Å²) in [6, 6.07) is 11.6. The molecule has 0 unspecified atom stereocenters. The highest BCUT2D eigenvalue weighted by Crippen LogP contribution is 2.22. The van der Waals surface area contributed by atoms with E-state index in [1.165, 1.54) is 24.3 Å². The number of pyridine rings is 1. The van der Waals surface area contributed by atoms with Crippen molar-refractivity contribution >= 4 is 10.9 Å². The van der Waals surface area contributed by atoms with Gasteiger partial charge in [-0.2, -0.15) is 0 Å². The number of fused-ring (bicyclic) bond motifs is 1. The second-order valence-corrected chi connectivity index (χ2v) is 4.19. The Morgan fingerprint density at radius 1 is 0.895 bits per heavy atom. The van der Waals surface area contributed by atoms with E-state index in [4.69, 9.17) is 0 Å². The van der Waals surface area contributed by atoms with Crippen molar-refractivity contribution in [3.8, 4) is 11.3 Å². The first-order chi connectivity index (χ1) is 9.16. The number of rotatable bonds is 1. The molecular formula is C15H9F2NO. The van der Waals surface area contributed by atoms with Gasteiger partial charge >= 0.3 is 0 Å². The van der Waals surface area contributed by atoms with Gasteiger partial charge in [-0.3, -0.25) is 4.79 Å². The van der Waals surface area contributed by atoms with Crippen molar-refractivity contribution in [3.63, 3.8) is 0 Å². The van der Waals surface area contributed by atoms with Crippen LogP contribution in [-0.4, -0.2) is 4.98 Å². The lowest BCUT2D eigenvalue weighted by Gasteiger charge is -2.06. The van der Waals surface area contributed by atoms with Crippen molar-refractivity contribution in [2.75, 3.05) is 0 Å². The molecule has 2 nitrogen and oxygen atoms in total. The standard InChI is InChI=1S/C15H9F2NO/c16-10-5-2-1-4-9(10)13-8-14(19)15-11(17)6-3-7-12(15)18-13/h1-8H,(H,18,19). The predicted octanol–water partition coefficient (Wildman–Crippen LogP) is 3.47. The second kappa shape index (κ2) is 4.31. The van der Waals surface area contributed by atoms with Crippen LogP contribution in [0.4, 0.5) is 8.78 Å². The molecule has 0 saturated heterocycles. The molecule has 0 amide bonds. The van der Waals surface area contributed by atoms with Crippen molar-refractivity contribution in [1.82, 2.24) is 4.98 Å². The van der Waals surface area contributed by atoms with E-state index in [9.17, 15) is 13.6 Å². The summed E-state index contributed by atoms with van der Waals surface area (Å²) in [5.41, 5.74) is 0.503. The largest absolute Gasteiger partial charge is 0.354 e. The van der Waals surface area contributed by atoms with Crippen LogP contribution in [0.1, 0.15) is 0 Å². The van der Waals surface area contributed by atoms with E-state index < -0.39 is 17.1 Å². The number of hydrogen-bond acceptors (Lipinski definition) is 1. The average Bonchev–Trinajstić information content (AvgIpc) is 2.39. The highest BCUT2D eigenvalue weighted by molar-refractivity contribution is 5.82. The predicted molar refractivity (Wildman–Crippen MR) is 69.9 cm³/mol. The minimum absolute atomic E-state index is 0.0115. The maximum atomic E-state index is 13.7. The normalized spacial score (nSPS) is 10.8. The van der Waals surface area contributed by atoms with Crippen LogP contribution in [0.25, 0.3) is 22.2 Å². The molecule has 3 aromatic rings. The Hall–Kier alpha value is -2.49. The molecule has 1 aromatic heterocycles. The number of aromatic amines is 1. The molecule has 2 aromatic carbocycles. The van der Waals surface area contributed by atoms with E-state index in [0.717, 1.165) is 0 Å². The van der Waals surface area contributed by atoms with Gasteiger partial charge < -0.3 is 4.98 Å². The number of H-pyrrole nitrogens is 1. The first-order valence-corrected chi connectivity index (χ1v) is 5.73. The third kappa shape index (κ3) is 1.91. The van der Waals surface area contributed by atoms with E-state index in [0.29, 0.717) is 11.2 Å². The molecule has 0 bridgehead atoms. The Balaban J connectivity index is 2.34. The van der Waals surface area contributed by atoms with Gasteiger partial charge in [-0.05, 0) is 24.3 Å². The van der Waals surface area contributed by atoms with Crippen molar-refractivity contribution < 1.29 is 8.78 Å². The summed E-state index contributed by atoms with van der Waals surface area (Å²) >= 11 is 0. The van der Waals surface area contributed by atoms with Gasteiger partial charge in [0.15, 0.2) is 5.43 Å². The van der Waals surface area contributed by atoms with Crippen LogP contribution >= 0.6 is 0 Å². The van der Waals surface area contributed by atoms with Crippen molar-refractivity contribution in [2.45, 2.75) is 0 Å². The van der Waals surface area contributed by atoms with E-state index in [1.807, 2.05) is 0 Å². The Kier molecular flexibility index (Phi) is 2.63. The summed E-state index contributed by atoms with van der Waals surface area (Å²) in [7, 11) is 0. The molecule has 1 N–H and O–H groups in total. The fraction of sp³-hybridized carbons (Fsp3) is 0. The SMILES string of the molecule is O=c1cc(-c2ccccc2F)[nH]c2cccc(F)c12. The van der Waals surface area contributed by atoms with E-state index >= 15 is 0 Å². The minimum Gasteiger partial charge on any atom is -0.354 e. The maximum Gasteiger partial charge on any atom is 0.192 e. The third-order valence-corrected chi connectivity index (χ3v) is 2.97. The monoisotopic (exact) mass is 257 g/mol. The van der Waals surface area contributed by atoms with Crippen molar-refractivity contribution in [2.24, 2.45) is 0 Å². The van der Waals surface area contributed by atoms with Crippen LogP contribution in [0.2, 0.25) is 0 Å². The molecule has 0 radical (unpaired) electrons. The van der Waals surface area contributed by atoms with Gasteiger partial charge in [0.25, 0.3) is 0 Å². The molecule has 4 heteroatoms. The Morgan fingerprint density at radius 2 is 1.63 bits per heavy atom. The number of hydrogen-bond donors (Lipinski definition) is 1. The van der Waals surface area contributed by atoms with E-state index in [-0.39, 0.29) is 10.9 Å². The molecular weight excluding hydrogens is 248 g/mol. The van der Waals surface area contributed by atoms with Crippen LogP contribution in [0.5, 0.6) is 0 Å². The zero-order valence-electron chi connectivity index (χ0n) is 9.78. The first kappa shape index (κ1) is 11.6. The molecule has 0 spiro atoms. The lowest BCUT2D eigenvalue weighted by atomic mass is 10.1. The van der Waals surface area contributed by atoms with Gasteiger partial charge in [0, 0.05) is 11.6 Å². The Morgan fingerprint density at radius 3 is 2.42 bits per heavy atom. The summed E-state index contributed by atoms with van der Waals surface area (Å²) in [6.07, 6.45) is 0. The van der Waals surface area contributed by atoms with Gasteiger partial charge in [-0.25, -0.2) is 8.78 Å². The zero-order valence-corrected chi connectivity index (χ0v) is 9.78. The van der Waals surface area contributed by atoms with Crippen molar-refractivity contribution in [1.29, 1.82) is 0 Å². The average molecular weight is 257 g/mol.